The zero-order valence-corrected chi connectivity index (χ0v) is 30.4. The molecule has 278 valence electrons. The topological polar surface area (TPSA) is 144 Å². The fraction of sp³-hybridized carbons (Fsp3) is 0.537. The monoisotopic (exact) mass is 711 g/mol. The number of methoxy groups -OCH3 is 1. The highest BCUT2D eigenvalue weighted by Gasteiger charge is 2.44. The molecular weight excluding hydrogens is 658 g/mol. The van der Waals surface area contributed by atoms with E-state index < -0.39 is 35.9 Å². The number of nitrogens with one attached hydrogen (secondary N) is 1. The number of likely N-dealkylation sites (tertiary alicyclic amines) is 1. The van der Waals surface area contributed by atoms with Gasteiger partial charge in [0.15, 0.2) is 0 Å². The van der Waals surface area contributed by atoms with Crippen LogP contribution in [0.25, 0.3) is 22.2 Å². The van der Waals surface area contributed by atoms with Crippen LogP contribution in [-0.2, 0) is 19.2 Å². The molecule has 3 aliphatic rings. The van der Waals surface area contributed by atoms with Crippen LogP contribution in [0.15, 0.2) is 54.6 Å². The van der Waals surface area contributed by atoms with Crippen molar-refractivity contribution in [2.45, 2.75) is 108 Å². The lowest BCUT2D eigenvalue weighted by molar-refractivity contribution is -0.145. The van der Waals surface area contributed by atoms with Gasteiger partial charge in [0.25, 0.3) is 0 Å². The first-order chi connectivity index (χ1) is 25.3. The van der Waals surface area contributed by atoms with Crippen LogP contribution in [0.5, 0.6) is 11.5 Å². The molecule has 2 aromatic carbocycles. The number of hydrogen-bond acceptors (Lipinski definition) is 7. The van der Waals surface area contributed by atoms with Crippen LogP contribution in [0, 0.1) is 5.92 Å². The summed E-state index contributed by atoms with van der Waals surface area (Å²) >= 11 is 0. The molecule has 0 unspecified atom stereocenters. The smallest absolute Gasteiger partial charge is 0.243 e. The lowest BCUT2D eigenvalue weighted by atomic mass is 9.93. The van der Waals surface area contributed by atoms with Crippen LogP contribution < -0.4 is 20.5 Å². The number of carbonyl (C=O) groups is 4. The molecule has 3 aromatic rings. The number of amides is 4. The third-order valence-electron chi connectivity index (χ3n) is 10.9. The van der Waals surface area contributed by atoms with Crippen molar-refractivity contribution in [2.24, 2.45) is 11.7 Å². The van der Waals surface area contributed by atoms with E-state index in [9.17, 15) is 19.2 Å². The Hall–Kier alpha value is -4.67. The highest BCUT2D eigenvalue weighted by atomic mass is 16.5. The van der Waals surface area contributed by atoms with E-state index in [1.54, 1.807) is 12.0 Å². The molecule has 4 amide bonds. The Morgan fingerprint density at radius 1 is 0.885 bits per heavy atom. The van der Waals surface area contributed by atoms with Gasteiger partial charge in [-0.05, 0) is 44.2 Å². The second-order valence-electron chi connectivity index (χ2n) is 14.6. The predicted molar refractivity (Wildman–Crippen MR) is 199 cm³/mol. The van der Waals surface area contributed by atoms with Gasteiger partial charge < -0.3 is 30.3 Å². The summed E-state index contributed by atoms with van der Waals surface area (Å²) in [6, 6.07) is 15.6. The maximum absolute atomic E-state index is 14.6. The Morgan fingerprint density at radius 3 is 2.29 bits per heavy atom. The molecule has 52 heavy (non-hydrogen) atoms. The highest BCUT2D eigenvalue weighted by molar-refractivity contribution is 5.94. The van der Waals surface area contributed by atoms with Crippen LogP contribution in [0.4, 0.5) is 0 Å². The summed E-state index contributed by atoms with van der Waals surface area (Å²) in [4.78, 5) is 63.1. The van der Waals surface area contributed by atoms with E-state index in [4.69, 9.17) is 20.2 Å². The van der Waals surface area contributed by atoms with E-state index in [1.165, 1.54) is 0 Å². The molecule has 0 bridgehead atoms. The minimum Gasteiger partial charge on any atom is -0.497 e. The summed E-state index contributed by atoms with van der Waals surface area (Å²) in [6.45, 7) is 1.60. The second kappa shape index (κ2) is 17.7. The zero-order chi connectivity index (χ0) is 36.5. The van der Waals surface area contributed by atoms with E-state index in [0.29, 0.717) is 29.9 Å². The quantitative estimate of drug-likeness (QED) is 0.317. The average molecular weight is 712 g/mol. The van der Waals surface area contributed by atoms with Crippen LogP contribution in [0.1, 0.15) is 89.9 Å². The van der Waals surface area contributed by atoms with Crippen LogP contribution in [0.2, 0.25) is 0 Å². The van der Waals surface area contributed by atoms with Crippen molar-refractivity contribution in [3.05, 3.63) is 54.6 Å². The summed E-state index contributed by atoms with van der Waals surface area (Å²) in [5, 5.41) is 3.67. The van der Waals surface area contributed by atoms with Gasteiger partial charge in [0.2, 0.25) is 23.6 Å². The molecule has 6 rings (SSSR count). The highest BCUT2D eigenvalue weighted by Crippen LogP contribution is 2.35. The Morgan fingerprint density at radius 2 is 1.58 bits per heavy atom. The molecule has 4 atom stereocenters. The fourth-order valence-electron chi connectivity index (χ4n) is 7.92. The molecular formula is C41H53N5O6. The number of hydrogen-bond donors (Lipinski definition) is 2. The van der Waals surface area contributed by atoms with Crippen molar-refractivity contribution in [3.63, 3.8) is 0 Å². The summed E-state index contributed by atoms with van der Waals surface area (Å²) in [5.41, 5.74) is 8.10. The first-order valence-electron chi connectivity index (χ1n) is 19.2. The summed E-state index contributed by atoms with van der Waals surface area (Å²) < 4.78 is 12.2. The molecule has 3 N–H and O–H groups in total. The molecule has 1 aromatic heterocycles. The SMILES string of the molecule is COc1ccc2c(O[C@@H]3C[C@H]4C(=O)N[C@H](C(N)=O)CCCCCCCCC[C@H](CC(=O)N5CCCCC5)C(=O)N4C3)cc(-c3ccccc3)nc2c1. The number of rotatable bonds is 7. The third kappa shape index (κ3) is 9.21. The Kier molecular flexibility index (Phi) is 12.6. The molecule has 0 spiro atoms. The largest absolute Gasteiger partial charge is 0.497 e. The summed E-state index contributed by atoms with van der Waals surface area (Å²) in [7, 11) is 1.61. The van der Waals surface area contributed by atoms with E-state index in [0.717, 1.165) is 93.9 Å². The maximum atomic E-state index is 14.6. The van der Waals surface area contributed by atoms with Crippen molar-refractivity contribution in [1.29, 1.82) is 0 Å². The van der Waals surface area contributed by atoms with Gasteiger partial charge in [0.1, 0.15) is 29.7 Å². The van der Waals surface area contributed by atoms with Crippen molar-refractivity contribution in [2.75, 3.05) is 26.7 Å². The summed E-state index contributed by atoms with van der Waals surface area (Å²) in [5.74, 6) is -0.538. The van der Waals surface area contributed by atoms with E-state index in [1.807, 2.05) is 59.5 Å². The number of fused-ring (bicyclic) bond motifs is 2. The van der Waals surface area contributed by atoms with Gasteiger partial charge in [0, 0.05) is 54.9 Å². The average Bonchev–Trinajstić information content (AvgIpc) is 3.59. The standard InChI is InChI=1S/C41H53N5O6/c1-51-30-19-20-32-35(24-30)43-34(28-15-10-7-11-16-28)26-37(32)52-31-25-36-40(49)44-33(39(42)48)18-12-6-4-2-3-5-9-17-29(41(50)46(36)27-31)23-38(47)45-21-13-8-14-22-45/h7,10-11,15-16,19-20,24,26,29,31,33,36H,2-6,8-9,12-14,17-18,21-23,25,27H2,1H3,(H2,42,48)(H,44,49)/t29-,31-,33+,36+/m1/s1. The van der Waals surface area contributed by atoms with Gasteiger partial charge in [0.05, 0.1) is 24.9 Å². The van der Waals surface area contributed by atoms with Crippen molar-refractivity contribution < 1.29 is 28.7 Å². The molecule has 11 heteroatoms. The van der Waals surface area contributed by atoms with Crippen molar-refractivity contribution in [1.82, 2.24) is 20.1 Å². The van der Waals surface area contributed by atoms with Gasteiger partial charge in [-0.25, -0.2) is 4.98 Å². The molecule has 3 fully saturated rings. The fourth-order valence-corrected chi connectivity index (χ4v) is 7.92. The van der Waals surface area contributed by atoms with Gasteiger partial charge in [-0.2, -0.15) is 0 Å². The maximum Gasteiger partial charge on any atom is 0.243 e. The van der Waals surface area contributed by atoms with Crippen LogP contribution in [-0.4, -0.2) is 83.3 Å². The predicted octanol–water partition coefficient (Wildman–Crippen LogP) is 5.77. The number of aromatic nitrogens is 1. The minimum atomic E-state index is -0.887. The lowest BCUT2D eigenvalue weighted by Crippen LogP contribution is -2.53. The number of nitrogens with zero attached hydrogens (tertiary/aromatic N) is 3. The third-order valence-corrected chi connectivity index (χ3v) is 10.9. The number of primary amides is 1. The number of carbonyl (C=O) groups excluding carboxylic acids is 4. The van der Waals surface area contributed by atoms with Crippen molar-refractivity contribution in [3.8, 4) is 22.8 Å². The molecule has 4 heterocycles. The molecule has 0 saturated carbocycles. The number of piperidine rings is 1. The number of benzene rings is 2. The normalized spacial score (nSPS) is 23.9. The first-order valence-corrected chi connectivity index (χ1v) is 19.2. The number of pyridine rings is 1. The van der Waals surface area contributed by atoms with Crippen molar-refractivity contribution >= 4 is 34.5 Å². The van der Waals surface area contributed by atoms with Crippen LogP contribution >= 0.6 is 0 Å². The van der Waals surface area contributed by atoms with E-state index in [-0.39, 0.29) is 31.2 Å². The molecule has 11 nitrogen and oxygen atoms in total. The first kappa shape index (κ1) is 37.1. The Bertz CT molecular complexity index is 1710. The molecule has 3 saturated heterocycles. The number of ether oxygens (including phenoxy) is 2. The molecule has 3 aliphatic heterocycles. The van der Waals surface area contributed by atoms with Gasteiger partial charge in [-0.1, -0.05) is 75.3 Å². The zero-order valence-electron chi connectivity index (χ0n) is 30.4. The van der Waals surface area contributed by atoms with Gasteiger partial charge in [-0.3, -0.25) is 19.2 Å². The second-order valence-corrected chi connectivity index (χ2v) is 14.6. The van der Waals surface area contributed by atoms with Gasteiger partial charge >= 0.3 is 0 Å². The molecule has 0 radical (unpaired) electrons. The summed E-state index contributed by atoms with van der Waals surface area (Å²) in [6.07, 6.45) is 10.6. The number of nitrogens with two attached hydrogens (primary N) is 1. The van der Waals surface area contributed by atoms with E-state index >= 15 is 0 Å². The molecule has 0 aliphatic carbocycles. The Balaban J connectivity index is 1.31. The van der Waals surface area contributed by atoms with E-state index in [2.05, 4.69) is 5.32 Å². The minimum absolute atomic E-state index is 0.00127. The Labute approximate surface area is 306 Å². The van der Waals surface area contributed by atoms with Crippen LogP contribution in [0.3, 0.4) is 0 Å². The van der Waals surface area contributed by atoms with Gasteiger partial charge in [-0.15, -0.1) is 0 Å². The lowest BCUT2D eigenvalue weighted by Gasteiger charge is -2.31.